The summed E-state index contributed by atoms with van der Waals surface area (Å²) in [7, 11) is 0. The molecule has 4 nitrogen and oxygen atoms in total. The van der Waals surface area contributed by atoms with E-state index in [1.807, 2.05) is 26.0 Å². The summed E-state index contributed by atoms with van der Waals surface area (Å²) in [6.45, 7) is 4.60. The molecule has 0 saturated heterocycles. The molecule has 0 unspecified atom stereocenters. The number of hydrogen-bond acceptors (Lipinski definition) is 3. The van der Waals surface area contributed by atoms with Gasteiger partial charge in [0.25, 0.3) is 0 Å². The van der Waals surface area contributed by atoms with Gasteiger partial charge in [0, 0.05) is 18.4 Å². The van der Waals surface area contributed by atoms with Gasteiger partial charge in [-0.15, -0.1) is 0 Å². The van der Waals surface area contributed by atoms with Crippen LogP contribution >= 0.6 is 0 Å². The van der Waals surface area contributed by atoms with Gasteiger partial charge >= 0.3 is 0 Å². The number of rotatable bonds is 3. The van der Waals surface area contributed by atoms with Gasteiger partial charge in [0.2, 0.25) is 5.78 Å². The van der Waals surface area contributed by atoms with Crippen LogP contribution in [0.15, 0.2) is 30.6 Å². The molecule has 16 heavy (non-hydrogen) atoms. The zero-order valence-corrected chi connectivity index (χ0v) is 9.34. The van der Waals surface area contributed by atoms with Crippen LogP contribution in [0.25, 0.3) is 0 Å². The Morgan fingerprint density at radius 3 is 2.88 bits per heavy atom. The Bertz CT molecular complexity index is 516. The molecule has 82 valence electrons. The summed E-state index contributed by atoms with van der Waals surface area (Å²) < 4.78 is 1.73. The largest absolute Gasteiger partial charge is 0.287 e. The van der Waals surface area contributed by atoms with Crippen molar-refractivity contribution in [3.05, 3.63) is 47.5 Å². The summed E-state index contributed by atoms with van der Waals surface area (Å²) in [6.07, 6.45) is 3.32. The van der Waals surface area contributed by atoms with Crippen LogP contribution in [0.5, 0.6) is 0 Å². The van der Waals surface area contributed by atoms with Crippen molar-refractivity contribution in [2.75, 3.05) is 0 Å². The van der Waals surface area contributed by atoms with Crippen molar-refractivity contribution in [2.24, 2.45) is 0 Å². The first-order chi connectivity index (χ1) is 7.70. The maximum absolute atomic E-state index is 12.0. The number of carbonyl (C=O) groups is 1. The normalized spacial score (nSPS) is 10.4. The van der Waals surface area contributed by atoms with Crippen molar-refractivity contribution in [2.45, 2.75) is 20.4 Å². The molecule has 0 bridgehead atoms. The minimum atomic E-state index is -0.0802. The predicted octanol–water partition coefficient (Wildman–Crippen LogP) is 1.84. The van der Waals surface area contributed by atoms with Gasteiger partial charge in [-0.2, -0.15) is 5.10 Å². The number of nitrogens with zero attached hydrogens (tertiary/aromatic N) is 3. The third-order valence-electron chi connectivity index (χ3n) is 2.34. The first-order valence-corrected chi connectivity index (χ1v) is 5.21. The maximum Gasteiger partial charge on any atom is 0.214 e. The Hall–Kier alpha value is -1.97. The Morgan fingerprint density at radius 1 is 1.44 bits per heavy atom. The summed E-state index contributed by atoms with van der Waals surface area (Å²) >= 11 is 0. The summed E-state index contributed by atoms with van der Waals surface area (Å²) in [5.74, 6) is -0.0802. The van der Waals surface area contributed by atoms with Crippen LogP contribution in [-0.4, -0.2) is 20.5 Å². The van der Waals surface area contributed by atoms with Gasteiger partial charge in [0.05, 0.1) is 11.8 Å². The molecule has 0 aliphatic carbocycles. The molecule has 2 aromatic heterocycles. The molecule has 2 aromatic rings. The van der Waals surface area contributed by atoms with E-state index in [1.165, 1.54) is 0 Å². The Balaban J connectivity index is 2.31. The molecule has 0 fully saturated rings. The van der Waals surface area contributed by atoms with E-state index >= 15 is 0 Å². The van der Waals surface area contributed by atoms with Crippen molar-refractivity contribution in [1.29, 1.82) is 0 Å². The second-order valence-corrected chi connectivity index (χ2v) is 3.58. The van der Waals surface area contributed by atoms with E-state index in [4.69, 9.17) is 0 Å². The molecule has 2 heterocycles. The van der Waals surface area contributed by atoms with Gasteiger partial charge in [-0.1, -0.05) is 6.07 Å². The monoisotopic (exact) mass is 215 g/mol. The van der Waals surface area contributed by atoms with E-state index < -0.39 is 0 Å². The van der Waals surface area contributed by atoms with E-state index in [2.05, 4.69) is 10.1 Å². The SMILES string of the molecule is CCn1cc(C(=O)c2cccc(C)n2)cn1. The average Bonchev–Trinajstić information content (AvgIpc) is 2.76. The second kappa shape index (κ2) is 4.26. The molecule has 0 saturated carbocycles. The quantitative estimate of drug-likeness (QED) is 0.734. The van der Waals surface area contributed by atoms with E-state index in [-0.39, 0.29) is 5.78 Å². The summed E-state index contributed by atoms with van der Waals surface area (Å²) in [5, 5.41) is 4.07. The molecule has 0 atom stereocenters. The molecule has 0 aliphatic heterocycles. The Labute approximate surface area is 93.9 Å². The second-order valence-electron chi connectivity index (χ2n) is 3.58. The molecule has 0 N–H and O–H groups in total. The number of ketones is 1. The first-order valence-electron chi connectivity index (χ1n) is 5.21. The van der Waals surface area contributed by atoms with E-state index in [1.54, 1.807) is 23.1 Å². The van der Waals surface area contributed by atoms with Crippen LogP contribution in [0.3, 0.4) is 0 Å². The van der Waals surface area contributed by atoms with E-state index in [0.717, 1.165) is 12.2 Å². The zero-order valence-electron chi connectivity index (χ0n) is 9.34. The lowest BCUT2D eigenvalue weighted by molar-refractivity contribution is 0.103. The molecule has 0 amide bonds. The summed E-state index contributed by atoms with van der Waals surface area (Å²) in [5.41, 5.74) is 1.89. The van der Waals surface area contributed by atoms with Crippen molar-refractivity contribution in [3.8, 4) is 0 Å². The first kappa shape index (κ1) is 10.5. The number of pyridine rings is 1. The predicted molar refractivity (Wildman–Crippen MR) is 60.3 cm³/mol. The highest BCUT2D eigenvalue weighted by molar-refractivity contribution is 6.07. The lowest BCUT2D eigenvalue weighted by Gasteiger charge is -1.98. The fraction of sp³-hybridized carbons (Fsp3) is 0.250. The molecule has 0 aliphatic rings. The van der Waals surface area contributed by atoms with Crippen molar-refractivity contribution in [1.82, 2.24) is 14.8 Å². The van der Waals surface area contributed by atoms with Crippen molar-refractivity contribution < 1.29 is 4.79 Å². The van der Waals surface area contributed by atoms with Gasteiger partial charge in [0.15, 0.2) is 0 Å². The average molecular weight is 215 g/mol. The lowest BCUT2D eigenvalue weighted by Crippen LogP contribution is -2.03. The lowest BCUT2D eigenvalue weighted by atomic mass is 10.1. The molecule has 0 radical (unpaired) electrons. The highest BCUT2D eigenvalue weighted by Gasteiger charge is 2.12. The van der Waals surface area contributed by atoms with Crippen molar-refractivity contribution >= 4 is 5.78 Å². The Morgan fingerprint density at radius 2 is 2.25 bits per heavy atom. The van der Waals surface area contributed by atoms with Gasteiger partial charge in [-0.05, 0) is 26.0 Å². The fourth-order valence-electron chi connectivity index (χ4n) is 1.47. The zero-order chi connectivity index (χ0) is 11.5. The van der Waals surface area contributed by atoms with Crippen LogP contribution in [0.1, 0.15) is 28.7 Å². The molecular formula is C12H13N3O. The minimum absolute atomic E-state index is 0.0802. The number of hydrogen-bond donors (Lipinski definition) is 0. The number of carbonyl (C=O) groups excluding carboxylic acids is 1. The van der Waals surface area contributed by atoms with Crippen LogP contribution in [0, 0.1) is 6.92 Å². The van der Waals surface area contributed by atoms with E-state index in [9.17, 15) is 4.79 Å². The Kier molecular flexibility index (Phi) is 2.81. The topological polar surface area (TPSA) is 47.8 Å². The fourth-order valence-corrected chi connectivity index (χ4v) is 1.47. The minimum Gasteiger partial charge on any atom is -0.287 e. The molecule has 4 heteroatoms. The third kappa shape index (κ3) is 2.00. The van der Waals surface area contributed by atoms with Gasteiger partial charge in [-0.25, -0.2) is 4.98 Å². The number of aryl methyl sites for hydroxylation is 2. The smallest absolute Gasteiger partial charge is 0.214 e. The highest BCUT2D eigenvalue weighted by Crippen LogP contribution is 2.07. The molecule has 2 rings (SSSR count). The highest BCUT2D eigenvalue weighted by atomic mass is 16.1. The van der Waals surface area contributed by atoms with Crippen LogP contribution in [0.2, 0.25) is 0 Å². The molecular weight excluding hydrogens is 202 g/mol. The summed E-state index contributed by atoms with van der Waals surface area (Å²) in [6, 6.07) is 5.42. The van der Waals surface area contributed by atoms with Gasteiger partial charge in [0.1, 0.15) is 5.69 Å². The van der Waals surface area contributed by atoms with Gasteiger partial charge in [-0.3, -0.25) is 9.48 Å². The van der Waals surface area contributed by atoms with Crippen molar-refractivity contribution in [3.63, 3.8) is 0 Å². The molecule has 0 spiro atoms. The van der Waals surface area contributed by atoms with Crippen LogP contribution in [-0.2, 0) is 6.54 Å². The van der Waals surface area contributed by atoms with E-state index in [0.29, 0.717) is 11.3 Å². The molecule has 0 aromatic carbocycles. The third-order valence-corrected chi connectivity index (χ3v) is 2.34. The van der Waals surface area contributed by atoms with Gasteiger partial charge < -0.3 is 0 Å². The number of aromatic nitrogens is 3. The van der Waals surface area contributed by atoms with Crippen LogP contribution < -0.4 is 0 Å². The van der Waals surface area contributed by atoms with Crippen LogP contribution in [0.4, 0.5) is 0 Å². The summed E-state index contributed by atoms with van der Waals surface area (Å²) in [4.78, 5) is 16.2. The standard InChI is InChI=1S/C12H13N3O/c1-3-15-8-10(7-13-15)12(16)11-6-4-5-9(2)14-11/h4-8H,3H2,1-2H3. The maximum atomic E-state index is 12.0.